The second kappa shape index (κ2) is 5.77. The zero-order valence-electron chi connectivity index (χ0n) is 10.1. The molecule has 1 amide bonds. The van der Waals surface area contributed by atoms with Crippen molar-refractivity contribution in [3.63, 3.8) is 0 Å². The van der Waals surface area contributed by atoms with E-state index in [2.05, 4.69) is 10.3 Å². The quantitative estimate of drug-likeness (QED) is 0.867. The molecule has 0 bridgehead atoms. The van der Waals surface area contributed by atoms with Gasteiger partial charge in [0.05, 0.1) is 6.10 Å². The first-order valence-electron chi connectivity index (χ1n) is 6.04. The molecule has 92 valence electrons. The molecule has 17 heavy (non-hydrogen) atoms. The van der Waals surface area contributed by atoms with Crippen LogP contribution in [0.2, 0.25) is 0 Å². The first-order valence-corrected chi connectivity index (χ1v) is 6.04. The standard InChI is InChI=1S/C13H18N2O2/c1-17-11-6-4-5-10(9-11)15-13(16)12-7-2-3-8-14-12/h2-3,7-8,10-11H,4-6,9H2,1H3,(H,15,16)/t10-,11-/m0/s1. The van der Waals surface area contributed by atoms with Crippen molar-refractivity contribution in [3.8, 4) is 0 Å². The highest BCUT2D eigenvalue weighted by Gasteiger charge is 2.23. The Bertz CT molecular complexity index is 367. The van der Waals surface area contributed by atoms with E-state index in [1.807, 2.05) is 6.07 Å². The van der Waals surface area contributed by atoms with Gasteiger partial charge in [0.1, 0.15) is 5.69 Å². The molecule has 1 aromatic heterocycles. The van der Waals surface area contributed by atoms with Crippen LogP contribution in [0.4, 0.5) is 0 Å². The maximum Gasteiger partial charge on any atom is 0.270 e. The number of aromatic nitrogens is 1. The Kier molecular flexibility index (Phi) is 4.09. The number of pyridine rings is 1. The maximum atomic E-state index is 11.9. The number of carbonyl (C=O) groups excluding carboxylic acids is 1. The molecule has 1 aromatic rings. The molecule has 0 spiro atoms. The summed E-state index contributed by atoms with van der Waals surface area (Å²) < 4.78 is 5.34. The lowest BCUT2D eigenvalue weighted by atomic mass is 9.93. The number of rotatable bonds is 3. The molecule has 1 aliphatic rings. The lowest BCUT2D eigenvalue weighted by Gasteiger charge is -2.28. The van der Waals surface area contributed by atoms with Crippen LogP contribution < -0.4 is 5.32 Å². The van der Waals surface area contributed by atoms with Gasteiger partial charge in [-0.05, 0) is 37.8 Å². The zero-order valence-corrected chi connectivity index (χ0v) is 10.1. The van der Waals surface area contributed by atoms with E-state index in [1.165, 1.54) is 0 Å². The molecule has 4 heteroatoms. The van der Waals surface area contributed by atoms with E-state index in [4.69, 9.17) is 4.74 Å². The molecule has 0 aromatic carbocycles. The number of methoxy groups -OCH3 is 1. The Balaban J connectivity index is 1.90. The van der Waals surface area contributed by atoms with Crippen molar-refractivity contribution in [1.82, 2.24) is 10.3 Å². The van der Waals surface area contributed by atoms with Crippen molar-refractivity contribution in [3.05, 3.63) is 30.1 Å². The molecule has 0 radical (unpaired) electrons. The van der Waals surface area contributed by atoms with Crippen LogP contribution >= 0.6 is 0 Å². The average Bonchev–Trinajstić information content (AvgIpc) is 2.40. The highest BCUT2D eigenvalue weighted by atomic mass is 16.5. The number of ether oxygens (including phenoxy) is 1. The minimum absolute atomic E-state index is 0.0904. The van der Waals surface area contributed by atoms with Gasteiger partial charge in [-0.1, -0.05) is 6.07 Å². The molecule has 4 nitrogen and oxygen atoms in total. The van der Waals surface area contributed by atoms with Gasteiger partial charge in [0.25, 0.3) is 5.91 Å². The third kappa shape index (κ3) is 3.27. The van der Waals surface area contributed by atoms with Crippen LogP contribution in [0.25, 0.3) is 0 Å². The fraction of sp³-hybridized carbons (Fsp3) is 0.538. The maximum absolute atomic E-state index is 11.9. The Morgan fingerprint density at radius 2 is 2.35 bits per heavy atom. The van der Waals surface area contributed by atoms with Gasteiger partial charge >= 0.3 is 0 Å². The van der Waals surface area contributed by atoms with Gasteiger partial charge in [-0.2, -0.15) is 0 Å². The van der Waals surface area contributed by atoms with Crippen molar-refractivity contribution in [2.24, 2.45) is 0 Å². The highest BCUT2D eigenvalue weighted by Crippen LogP contribution is 2.20. The van der Waals surface area contributed by atoms with Crippen molar-refractivity contribution in [1.29, 1.82) is 0 Å². The smallest absolute Gasteiger partial charge is 0.270 e. The summed E-state index contributed by atoms with van der Waals surface area (Å²) in [6.45, 7) is 0. The number of carbonyl (C=O) groups is 1. The highest BCUT2D eigenvalue weighted by molar-refractivity contribution is 5.92. The van der Waals surface area contributed by atoms with Crippen molar-refractivity contribution in [2.45, 2.75) is 37.8 Å². The molecule has 2 atom stereocenters. The van der Waals surface area contributed by atoms with Gasteiger partial charge in [0.15, 0.2) is 0 Å². The summed E-state index contributed by atoms with van der Waals surface area (Å²) in [4.78, 5) is 15.9. The normalized spacial score (nSPS) is 24.3. The summed E-state index contributed by atoms with van der Waals surface area (Å²) in [6.07, 6.45) is 6.03. The Morgan fingerprint density at radius 1 is 1.47 bits per heavy atom. The van der Waals surface area contributed by atoms with Crippen LogP contribution in [0.3, 0.4) is 0 Å². The summed E-state index contributed by atoms with van der Waals surface area (Å²) in [6, 6.07) is 5.56. The predicted octanol–water partition coefficient (Wildman–Crippen LogP) is 1.77. The minimum Gasteiger partial charge on any atom is -0.381 e. The molecule has 1 fully saturated rings. The van der Waals surface area contributed by atoms with E-state index in [0.717, 1.165) is 25.7 Å². The zero-order chi connectivity index (χ0) is 12.1. The van der Waals surface area contributed by atoms with E-state index in [-0.39, 0.29) is 18.1 Å². The number of nitrogens with zero attached hydrogens (tertiary/aromatic N) is 1. The Hall–Kier alpha value is -1.42. The summed E-state index contributed by atoms with van der Waals surface area (Å²) >= 11 is 0. The van der Waals surface area contributed by atoms with Crippen LogP contribution in [-0.2, 0) is 4.74 Å². The van der Waals surface area contributed by atoms with E-state index in [1.54, 1.807) is 25.4 Å². The molecule has 1 aliphatic carbocycles. The van der Waals surface area contributed by atoms with Crippen molar-refractivity contribution >= 4 is 5.91 Å². The molecular weight excluding hydrogens is 216 g/mol. The van der Waals surface area contributed by atoms with Gasteiger partial charge < -0.3 is 10.1 Å². The summed E-state index contributed by atoms with van der Waals surface area (Å²) in [5.74, 6) is -0.0904. The second-order valence-electron chi connectivity index (χ2n) is 4.41. The van der Waals surface area contributed by atoms with E-state index in [0.29, 0.717) is 5.69 Å². The first-order chi connectivity index (χ1) is 8.29. The fourth-order valence-electron chi connectivity index (χ4n) is 2.25. The number of hydrogen-bond donors (Lipinski definition) is 1. The third-order valence-electron chi connectivity index (χ3n) is 3.19. The molecular formula is C13H18N2O2. The van der Waals surface area contributed by atoms with E-state index >= 15 is 0 Å². The topological polar surface area (TPSA) is 51.2 Å². The second-order valence-corrected chi connectivity index (χ2v) is 4.41. The molecule has 2 rings (SSSR count). The largest absolute Gasteiger partial charge is 0.381 e. The monoisotopic (exact) mass is 234 g/mol. The minimum atomic E-state index is -0.0904. The fourth-order valence-corrected chi connectivity index (χ4v) is 2.25. The van der Waals surface area contributed by atoms with E-state index in [9.17, 15) is 4.79 Å². The van der Waals surface area contributed by atoms with Crippen molar-refractivity contribution in [2.75, 3.05) is 7.11 Å². The lowest BCUT2D eigenvalue weighted by Crippen LogP contribution is -2.40. The van der Waals surface area contributed by atoms with Crippen LogP contribution in [0.15, 0.2) is 24.4 Å². The van der Waals surface area contributed by atoms with Crippen molar-refractivity contribution < 1.29 is 9.53 Å². The van der Waals surface area contributed by atoms with Gasteiger partial charge in [-0.15, -0.1) is 0 Å². The number of amides is 1. The van der Waals surface area contributed by atoms with Gasteiger partial charge in [0.2, 0.25) is 0 Å². The summed E-state index contributed by atoms with van der Waals surface area (Å²) in [5.41, 5.74) is 0.479. The first kappa shape index (κ1) is 12.0. The summed E-state index contributed by atoms with van der Waals surface area (Å²) in [7, 11) is 1.73. The van der Waals surface area contributed by atoms with Crippen LogP contribution in [0.1, 0.15) is 36.2 Å². The number of nitrogens with one attached hydrogen (secondary N) is 1. The number of hydrogen-bond acceptors (Lipinski definition) is 3. The average molecular weight is 234 g/mol. The Labute approximate surface area is 101 Å². The Morgan fingerprint density at radius 3 is 3.06 bits per heavy atom. The van der Waals surface area contributed by atoms with Gasteiger partial charge in [0, 0.05) is 19.3 Å². The molecule has 0 unspecified atom stereocenters. The molecule has 1 heterocycles. The molecule has 0 saturated heterocycles. The molecule has 1 saturated carbocycles. The predicted molar refractivity (Wildman–Crippen MR) is 64.8 cm³/mol. The van der Waals surface area contributed by atoms with Gasteiger partial charge in [-0.3, -0.25) is 9.78 Å². The van der Waals surface area contributed by atoms with Crippen LogP contribution in [-0.4, -0.2) is 30.1 Å². The van der Waals surface area contributed by atoms with Gasteiger partial charge in [-0.25, -0.2) is 0 Å². The molecule has 1 N–H and O–H groups in total. The van der Waals surface area contributed by atoms with Crippen LogP contribution in [0.5, 0.6) is 0 Å². The third-order valence-corrected chi connectivity index (χ3v) is 3.19. The SMILES string of the molecule is CO[C@H]1CCC[C@H](NC(=O)c2ccccn2)C1. The summed E-state index contributed by atoms with van der Waals surface area (Å²) in [5, 5.41) is 3.02. The lowest BCUT2D eigenvalue weighted by molar-refractivity contribution is 0.0562. The van der Waals surface area contributed by atoms with Crippen LogP contribution in [0, 0.1) is 0 Å². The molecule has 0 aliphatic heterocycles. The van der Waals surface area contributed by atoms with E-state index < -0.39 is 0 Å².